The van der Waals surface area contributed by atoms with E-state index in [1.165, 1.54) is 5.56 Å². The molecule has 108 valence electrons. The number of anilines is 2. The molecule has 1 aromatic heterocycles. The topological polar surface area (TPSA) is 45.2 Å². The quantitative estimate of drug-likeness (QED) is 0.673. The summed E-state index contributed by atoms with van der Waals surface area (Å²) in [5.41, 5.74) is 4.00. The molecule has 0 spiro atoms. The van der Waals surface area contributed by atoms with E-state index in [2.05, 4.69) is 36.3 Å². The number of phenols is 1. The van der Waals surface area contributed by atoms with E-state index in [-0.39, 0.29) is 18.2 Å². The van der Waals surface area contributed by atoms with E-state index >= 15 is 0 Å². The summed E-state index contributed by atoms with van der Waals surface area (Å²) in [5, 5.41) is 14.1. The normalized spacial score (nSPS) is 10.2. The first-order valence-corrected chi connectivity index (χ1v) is 6.56. The number of pyridine rings is 1. The standard InChI is InChI=1S/C17H16N2O.ClH/c1-11-7-8-14-13(9-11)12(2)10-17(18-14)19-15-5-3-4-6-16(15)20;/h3-10,20H,1-2H3,(H,18,19);1H. The minimum Gasteiger partial charge on any atom is -0.506 e. The van der Waals surface area contributed by atoms with Crippen molar-refractivity contribution in [3.05, 3.63) is 59.7 Å². The lowest BCUT2D eigenvalue weighted by Crippen LogP contribution is -1.96. The van der Waals surface area contributed by atoms with Crippen molar-refractivity contribution in [2.75, 3.05) is 5.32 Å². The monoisotopic (exact) mass is 300 g/mol. The smallest absolute Gasteiger partial charge is 0.139 e. The highest BCUT2D eigenvalue weighted by Crippen LogP contribution is 2.27. The van der Waals surface area contributed by atoms with Gasteiger partial charge in [-0.3, -0.25) is 0 Å². The zero-order chi connectivity index (χ0) is 14.1. The van der Waals surface area contributed by atoms with Crippen LogP contribution in [0.5, 0.6) is 5.75 Å². The average molecular weight is 301 g/mol. The summed E-state index contributed by atoms with van der Waals surface area (Å²) in [6, 6.07) is 15.4. The van der Waals surface area contributed by atoms with Crippen LogP contribution in [-0.4, -0.2) is 10.1 Å². The molecule has 0 atom stereocenters. The number of benzene rings is 2. The number of phenolic OH excluding ortho intramolecular Hbond substituents is 1. The average Bonchev–Trinajstić information content (AvgIpc) is 2.42. The second-order valence-corrected chi connectivity index (χ2v) is 4.99. The summed E-state index contributed by atoms with van der Waals surface area (Å²) in [5.74, 6) is 0.955. The van der Waals surface area contributed by atoms with Gasteiger partial charge in [-0.2, -0.15) is 0 Å². The van der Waals surface area contributed by atoms with Crippen LogP contribution in [0.15, 0.2) is 48.5 Å². The number of rotatable bonds is 2. The van der Waals surface area contributed by atoms with Crippen LogP contribution in [0.3, 0.4) is 0 Å². The van der Waals surface area contributed by atoms with E-state index in [9.17, 15) is 5.11 Å². The number of aryl methyl sites for hydroxylation is 2. The van der Waals surface area contributed by atoms with Crippen molar-refractivity contribution in [1.29, 1.82) is 0 Å². The number of nitrogens with one attached hydrogen (secondary N) is 1. The SMILES string of the molecule is Cc1ccc2nc(Nc3ccccc3O)cc(C)c2c1.Cl. The zero-order valence-electron chi connectivity index (χ0n) is 11.9. The Morgan fingerprint density at radius 2 is 1.76 bits per heavy atom. The number of para-hydroxylation sites is 2. The summed E-state index contributed by atoms with van der Waals surface area (Å²) < 4.78 is 0. The predicted molar refractivity (Wildman–Crippen MR) is 89.9 cm³/mol. The first-order valence-electron chi connectivity index (χ1n) is 6.56. The van der Waals surface area contributed by atoms with Gasteiger partial charge in [0.25, 0.3) is 0 Å². The fourth-order valence-electron chi connectivity index (χ4n) is 2.29. The van der Waals surface area contributed by atoms with Crippen molar-refractivity contribution in [2.24, 2.45) is 0 Å². The number of aromatic hydroxyl groups is 1. The highest BCUT2D eigenvalue weighted by atomic mass is 35.5. The molecule has 3 rings (SSSR count). The lowest BCUT2D eigenvalue weighted by molar-refractivity contribution is 0.477. The lowest BCUT2D eigenvalue weighted by Gasteiger charge is -2.10. The second-order valence-electron chi connectivity index (χ2n) is 4.99. The van der Waals surface area contributed by atoms with Crippen LogP contribution in [0.1, 0.15) is 11.1 Å². The first kappa shape index (κ1) is 15.1. The van der Waals surface area contributed by atoms with Crippen LogP contribution in [0, 0.1) is 13.8 Å². The van der Waals surface area contributed by atoms with Gasteiger partial charge in [-0.15, -0.1) is 12.4 Å². The predicted octanol–water partition coefficient (Wildman–Crippen LogP) is 4.72. The molecule has 0 saturated carbocycles. The zero-order valence-corrected chi connectivity index (χ0v) is 12.7. The van der Waals surface area contributed by atoms with Crippen LogP contribution in [0.4, 0.5) is 11.5 Å². The van der Waals surface area contributed by atoms with Gasteiger partial charge in [0.15, 0.2) is 0 Å². The largest absolute Gasteiger partial charge is 0.506 e. The molecule has 0 unspecified atom stereocenters. The van der Waals surface area contributed by atoms with Gasteiger partial charge in [-0.05, 0) is 49.7 Å². The molecule has 1 heterocycles. The summed E-state index contributed by atoms with van der Waals surface area (Å²) in [4.78, 5) is 4.59. The second kappa shape index (κ2) is 6.02. The molecule has 4 heteroatoms. The van der Waals surface area contributed by atoms with Crippen LogP contribution in [0.25, 0.3) is 10.9 Å². The third-order valence-corrected chi connectivity index (χ3v) is 3.34. The molecule has 0 radical (unpaired) electrons. The Morgan fingerprint density at radius 3 is 2.52 bits per heavy atom. The van der Waals surface area contributed by atoms with Crippen LogP contribution >= 0.6 is 12.4 Å². The van der Waals surface area contributed by atoms with Crippen molar-refractivity contribution < 1.29 is 5.11 Å². The van der Waals surface area contributed by atoms with Crippen molar-refractivity contribution in [2.45, 2.75) is 13.8 Å². The number of aromatic nitrogens is 1. The molecule has 0 aliphatic rings. The van der Waals surface area contributed by atoms with Gasteiger partial charge in [0.2, 0.25) is 0 Å². The van der Waals surface area contributed by atoms with Crippen LogP contribution < -0.4 is 5.32 Å². The molecule has 3 nitrogen and oxygen atoms in total. The molecule has 0 aliphatic carbocycles. The summed E-state index contributed by atoms with van der Waals surface area (Å²) >= 11 is 0. The lowest BCUT2D eigenvalue weighted by atomic mass is 10.1. The van der Waals surface area contributed by atoms with Gasteiger partial charge in [0, 0.05) is 5.39 Å². The van der Waals surface area contributed by atoms with E-state index in [4.69, 9.17) is 0 Å². The Bertz CT molecular complexity index is 787. The van der Waals surface area contributed by atoms with Crippen LogP contribution in [0.2, 0.25) is 0 Å². The molecular weight excluding hydrogens is 284 g/mol. The highest BCUT2D eigenvalue weighted by molar-refractivity contribution is 5.85. The molecule has 2 N–H and O–H groups in total. The van der Waals surface area contributed by atoms with Crippen molar-refractivity contribution in [1.82, 2.24) is 4.98 Å². The maximum absolute atomic E-state index is 9.80. The Morgan fingerprint density at radius 1 is 1.00 bits per heavy atom. The minimum absolute atomic E-state index is 0. The van der Waals surface area contributed by atoms with E-state index in [1.54, 1.807) is 12.1 Å². The number of nitrogens with zero attached hydrogens (tertiary/aromatic N) is 1. The first-order chi connectivity index (χ1) is 9.63. The fraction of sp³-hybridized carbons (Fsp3) is 0.118. The van der Waals surface area contributed by atoms with Crippen molar-refractivity contribution >= 4 is 34.8 Å². The third kappa shape index (κ3) is 3.09. The van der Waals surface area contributed by atoms with Crippen molar-refractivity contribution in [3.63, 3.8) is 0 Å². The molecule has 0 bridgehead atoms. The minimum atomic E-state index is 0. The van der Waals surface area contributed by atoms with Gasteiger partial charge in [-0.1, -0.05) is 23.8 Å². The van der Waals surface area contributed by atoms with E-state index in [0.29, 0.717) is 5.69 Å². The number of fused-ring (bicyclic) bond motifs is 1. The molecule has 2 aromatic carbocycles. The van der Waals surface area contributed by atoms with Crippen LogP contribution in [-0.2, 0) is 0 Å². The summed E-state index contributed by atoms with van der Waals surface area (Å²) in [7, 11) is 0. The molecule has 0 amide bonds. The maximum atomic E-state index is 9.80. The van der Waals surface area contributed by atoms with Gasteiger partial charge < -0.3 is 10.4 Å². The Hall–Kier alpha value is -2.26. The number of hydrogen-bond acceptors (Lipinski definition) is 3. The molecule has 0 fully saturated rings. The molecule has 3 aromatic rings. The summed E-state index contributed by atoms with van der Waals surface area (Å²) in [6.45, 7) is 4.15. The molecule has 0 saturated heterocycles. The Labute approximate surface area is 130 Å². The van der Waals surface area contributed by atoms with E-state index in [1.807, 2.05) is 24.3 Å². The highest BCUT2D eigenvalue weighted by Gasteiger charge is 2.05. The Balaban J connectivity index is 0.00000161. The summed E-state index contributed by atoms with van der Waals surface area (Å²) in [6.07, 6.45) is 0. The van der Waals surface area contributed by atoms with E-state index < -0.39 is 0 Å². The number of hydrogen-bond donors (Lipinski definition) is 2. The molecule has 0 aliphatic heterocycles. The molecule has 21 heavy (non-hydrogen) atoms. The number of halogens is 1. The van der Waals surface area contributed by atoms with Gasteiger partial charge in [0.1, 0.15) is 11.6 Å². The Kier molecular flexibility index (Phi) is 4.34. The third-order valence-electron chi connectivity index (χ3n) is 3.34. The van der Waals surface area contributed by atoms with Gasteiger partial charge >= 0.3 is 0 Å². The van der Waals surface area contributed by atoms with Crippen molar-refractivity contribution in [3.8, 4) is 5.75 Å². The van der Waals surface area contributed by atoms with Gasteiger partial charge in [0.05, 0.1) is 11.2 Å². The fourth-order valence-corrected chi connectivity index (χ4v) is 2.29. The van der Waals surface area contributed by atoms with Gasteiger partial charge in [-0.25, -0.2) is 4.98 Å². The molecular formula is C17H17ClN2O. The van der Waals surface area contributed by atoms with E-state index in [0.717, 1.165) is 22.3 Å². The maximum Gasteiger partial charge on any atom is 0.139 e.